The maximum atomic E-state index is 4.38. The molecule has 1 aliphatic carbocycles. The fourth-order valence-electron chi connectivity index (χ4n) is 3.46. The Morgan fingerprint density at radius 3 is 2.08 bits per heavy atom. The lowest BCUT2D eigenvalue weighted by Gasteiger charge is -2.44. The molecule has 1 saturated carbocycles. The van der Waals surface area contributed by atoms with Crippen LogP contribution in [0.25, 0.3) is 0 Å². The van der Waals surface area contributed by atoms with Crippen LogP contribution in [0.5, 0.6) is 0 Å². The molecule has 2 rings (SSSR count). The summed E-state index contributed by atoms with van der Waals surface area (Å²) in [5, 5.41) is 0. The first-order chi connectivity index (χ1) is 5.52. The zero-order valence-electron chi connectivity index (χ0n) is 8.16. The number of likely N-dealkylation sites (tertiary alicyclic amines) is 1. The van der Waals surface area contributed by atoms with Gasteiger partial charge >= 0.3 is 0 Å². The molecule has 3 heteroatoms. The van der Waals surface area contributed by atoms with Gasteiger partial charge in [0, 0.05) is 12.8 Å². The highest BCUT2D eigenvalue weighted by atomic mass is 15.2. The summed E-state index contributed by atoms with van der Waals surface area (Å²) in [5.41, 5.74) is 9.49. The Kier molecular flexibility index (Phi) is 1.72. The van der Waals surface area contributed by atoms with Gasteiger partial charge in [-0.2, -0.15) is 0 Å². The van der Waals surface area contributed by atoms with Gasteiger partial charge in [0.05, 0.1) is 13.5 Å². The van der Waals surface area contributed by atoms with Crippen LogP contribution in [-0.4, -0.2) is 31.2 Å². The van der Waals surface area contributed by atoms with Gasteiger partial charge in [-0.1, -0.05) is 0 Å². The maximum Gasteiger partial charge on any atom is 0.150 e. The van der Waals surface area contributed by atoms with Crippen molar-refractivity contribution in [3.63, 3.8) is 0 Å². The van der Waals surface area contributed by atoms with E-state index in [0.29, 0.717) is 11.1 Å². The van der Waals surface area contributed by atoms with E-state index in [4.69, 9.17) is 0 Å². The van der Waals surface area contributed by atoms with E-state index >= 15 is 0 Å². The van der Waals surface area contributed by atoms with E-state index in [1.165, 1.54) is 38.8 Å². The first-order valence-electron chi connectivity index (χ1n) is 5.04. The molecule has 1 aliphatic heterocycles. The van der Waals surface area contributed by atoms with Crippen molar-refractivity contribution in [2.45, 2.75) is 36.8 Å². The van der Waals surface area contributed by atoms with E-state index in [9.17, 15) is 0 Å². The summed E-state index contributed by atoms with van der Waals surface area (Å²) in [6.07, 6.45) is 5.25. The number of piperidine rings is 1. The number of quaternary nitrogens is 3. The van der Waals surface area contributed by atoms with Crippen LogP contribution in [0.2, 0.25) is 0 Å². The number of nitrogens with one attached hydrogen (secondary N) is 1. The Morgan fingerprint density at radius 1 is 1.08 bits per heavy atom. The zero-order valence-corrected chi connectivity index (χ0v) is 8.16. The SMILES string of the molecule is C[NH+]1CC2([NH3+])CCCC([NH3+])(C1)C2. The lowest BCUT2D eigenvalue weighted by atomic mass is 9.69. The predicted octanol–water partition coefficient (Wildman–Crippen LogP) is -2.95. The molecule has 2 unspecified atom stereocenters. The minimum absolute atomic E-state index is 0.363. The van der Waals surface area contributed by atoms with Crippen LogP contribution in [0.3, 0.4) is 0 Å². The number of fused-ring (bicyclic) bond motifs is 2. The first kappa shape index (κ1) is 8.48. The molecule has 0 radical (unpaired) electrons. The Morgan fingerprint density at radius 2 is 1.58 bits per heavy atom. The van der Waals surface area contributed by atoms with Gasteiger partial charge in [0.1, 0.15) is 13.1 Å². The molecular formula is C9H22N3+3. The van der Waals surface area contributed by atoms with Crippen molar-refractivity contribution in [1.82, 2.24) is 0 Å². The van der Waals surface area contributed by atoms with E-state index < -0.39 is 0 Å². The van der Waals surface area contributed by atoms with E-state index in [1.54, 1.807) is 4.90 Å². The van der Waals surface area contributed by atoms with Crippen LogP contribution in [0.1, 0.15) is 25.7 Å². The van der Waals surface area contributed by atoms with Gasteiger partial charge in [-0.3, -0.25) is 0 Å². The highest BCUT2D eigenvalue weighted by Gasteiger charge is 2.53. The van der Waals surface area contributed by atoms with Gasteiger partial charge in [-0.25, -0.2) is 0 Å². The van der Waals surface area contributed by atoms with E-state index in [1.807, 2.05) is 0 Å². The number of hydrogen-bond acceptors (Lipinski definition) is 0. The summed E-state index contributed by atoms with van der Waals surface area (Å²) < 4.78 is 0. The van der Waals surface area contributed by atoms with Crippen molar-refractivity contribution < 1.29 is 16.4 Å². The van der Waals surface area contributed by atoms with Gasteiger partial charge in [-0.15, -0.1) is 0 Å². The largest absolute Gasteiger partial charge is 0.348 e. The molecule has 70 valence electrons. The van der Waals surface area contributed by atoms with Crippen molar-refractivity contribution in [2.24, 2.45) is 0 Å². The number of hydrogen-bond donors (Lipinski definition) is 3. The molecule has 0 aromatic rings. The lowest BCUT2D eigenvalue weighted by molar-refractivity contribution is -0.923. The Labute approximate surface area is 74.1 Å². The topological polar surface area (TPSA) is 59.7 Å². The van der Waals surface area contributed by atoms with Crippen LogP contribution in [0.15, 0.2) is 0 Å². The van der Waals surface area contributed by atoms with Crippen molar-refractivity contribution in [1.29, 1.82) is 0 Å². The summed E-state index contributed by atoms with van der Waals surface area (Å²) >= 11 is 0. The fraction of sp³-hybridized carbons (Fsp3) is 1.00. The van der Waals surface area contributed by atoms with Crippen molar-refractivity contribution in [3.8, 4) is 0 Å². The van der Waals surface area contributed by atoms with Crippen LogP contribution in [-0.2, 0) is 0 Å². The average molecular weight is 172 g/mol. The van der Waals surface area contributed by atoms with Crippen LogP contribution in [0, 0.1) is 0 Å². The van der Waals surface area contributed by atoms with Gasteiger partial charge in [0.15, 0.2) is 11.1 Å². The molecule has 2 aliphatic rings. The van der Waals surface area contributed by atoms with Crippen LogP contribution in [0.4, 0.5) is 0 Å². The maximum absolute atomic E-state index is 4.38. The molecule has 0 aromatic carbocycles. The summed E-state index contributed by atoms with van der Waals surface area (Å²) in [6, 6.07) is 0. The third-order valence-electron chi connectivity index (χ3n) is 3.52. The molecule has 2 bridgehead atoms. The van der Waals surface area contributed by atoms with Crippen molar-refractivity contribution in [3.05, 3.63) is 0 Å². The minimum Gasteiger partial charge on any atom is -0.348 e. The first-order valence-corrected chi connectivity index (χ1v) is 5.04. The second kappa shape index (κ2) is 2.44. The molecular weight excluding hydrogens is 150 g/mol. The highest BCUT2D eigenvalue weighted by Crippen LogP contribution is 2.30. The Hall–Kier alpha value is -0.120. The molecule has 12 heavy (non-hydrogen) atoms. The summed E-state index contributed by atoms with van der Waals surface area (Å²) in [4.78, 5) is 1.63. The van der Waals surface area contributed by atoms with Gasteiger partial charge < -0.3 is 16.4 Å². The Balaban J connectivity index is 2.19. The molecule has 2 atom stereocenters. The van der Waals surface area contributed by atoms with Gasteiger partial charge in [0.25, 0.3) is 0 Å². The second-order valence-electron chi connectivity index (χ2n) is 5.34. The molecule has 2 fully saturated rings. The summed E-state index contributed by atoms with van der Waals surface area (Å²) in [7, 11) is 2.28. The predicted molar refractivity (Wildman–Crippen MR) is 46.3 cm³/mol. The van der Waals surface area contributed by atoms with Crippen molar-refractivity contribution >= 4 is 0 Å². The summed E-state index contributed by atoms with van der Waals surface area (Å²) in [6.45, 7) is 2.51. The number of rotatable bonds is 0. The highest BCUT2D eigenvalue weighted by molar-refractivity contribution is 4.95. The van der Waals surface area contributed by atoms with E-state index in [0.717, 1.165) is 0 Å². The molecule has 0 amide bonds. The smallest absolute Gasteiger partial charge is 0.150 e. The van der Waals surface area contributed by atoms with Gasteiger partial charge in [-0.05, 0) is 6.42 Å². The van der Waals surface area contributed by atoms with E-state index in [2.05, 4.69) is 18.5 Å². The summed E-state index contributed by atoms with van der Waals surface area (Å²) in [5.74, 6) is 0. The van der Waals surface area contributed by atoms with Gasteiger partial charge in [0.2, 0.25) is 0 Å². The monoisotopic (exact) mass is 172 g/mol. The standard InChI is InChI=1S/C9H19N3/c1-12-6-8(10)3-2-4-9(11,5-8)7-12/h2-7,10-11H2,1H3/p+3. The van der Waals surface area contributed by atoms with Crippen LogP contribution >= 0.6 is 0 Å². The minimum atomic E-state index is 0.363. The molecule has 1 heterocycles. The Bertz CT molecular complexity index is 176. The lowest BCUT2D eigenvalue weighted by Crippen LogP contribution is -3.20. The van der Waals surface area contributed by atoms with Crippen LogP contribution < -0.4 is 16.4 Å². The molecule has 1 saturated heterocycles. The fourth-order valence-corrected chi connectivity index (χ4v) is 3.46. The number of likely N-dealkylation sites (N-methyl/N-ethyl adjacent to an activating group) is 1. The van der Waals surface area contributed by atoms with E-state index in [-0.39, 0.29) is 0 Å². The quantitative estimate of drug-likeness (QED) is 0.350. The second-order valence-corrected chi connectivity index (χ2v) is 5.34. The normalized spacial score (nSPS) is 53.8. The van der Waals surface area contributed by atoms with Crippen molar-refractivity contribution in [2.75, 3.05) is 20.1 Å². The molecule has 3 nitrogen and oxygen atoms in total. The average Bonchev–Trinajstić information content (AvgIpc) is 1.79. The third kappa shape index (κ3) is 1.37. The molecule has 0 aromatic heterocycles. The molecule has 7 N–H and O–H groups in total. The zero-order chi connectivity index (χ0) is 8.82. The molecule has 0 spiro atoms. The third-order valence-corrected chi connectivity index (χ3v) is 3.52.